The second kappa shape index (κ2) is 12.3. The third-order valence-electron chi connectivity index (χ3n) is 5.94. The van der Waals surface area contributed by atoms with Crippen molar-refractivity contribution in [3.63, 3.8) is 0 Å². The van der Waals surface area contributed by atoms with Gasteiger partial charge in [0.1, 0.15) is 0 Å². The molecule has 2 aromatic carbocycles. The first-order chi connectivity index (χ1) is 15.2. The number of aliphatic imine (C=N–C) groups is 1. The largest absolute Gasteiger partial charge is 0.354 e. The van der Waals surface area contributed by atoms with Crippen LogP contribution >= 0.6 is 35.7 Å². The summed E-state index contributed by atoms with van der Waals surface area (Å²) in [5.41, 5.74) is 5.01. The van der Waals surface area contributed by atoms with Crippen LogP contribution in [0.5, 0.6) is 0 Å². The Hall–Kier alpha value is -2.00. The van der Waals surface area contributed by atoms with Gasteiger partial charge in [-0.1, -0.05) is 48.5 Å². The first kappa shape index (κ1) is 24.6. The molecule has 1 heterocycles. The zero-order chi connectivity index (χ0) is 21.5. The predicted molar refractivity (Wildman–Crippen MR) is 147 cm³/mol. The van der Waals surface area contributed by atoms with E-state index in [1.54, 1.807) is 0 Å². The summed E-state index contributed by atoms with van der Waals surface area (Å²) in [6.07, 6.45) is 11.6. The van der Waals surface area contributed by atoms with Crippen LogP contribution in [0.25, 0.3) is 11.1 Å². The molecule has 0 spiro atoms. The molecule has 1 aliphatic carbocycles. The lowest BCUT2D eigenvalue weighted by Gasteiger charge is -2.18. The third-order valence-corrected chi connectivity index (χ3v) is 7.03. The number of hydrogen-bond acceptors (Lipinski definition) is 3. The van der Waals surface area contributed by atoms with Crippen LogP contribution in [0.3, 0.4) is 0 Å². The van der Waals surface area contributed by atoms with Crippen molar-refractivity contribution in [2.75, 3.05) is 13.3 Å². The minimum absolute atomic E-state index is 0. The fourth-order valence-electron chi connectivity index (χ4n) is 4.19. The summed E-state index contributed by atoms with van der Waals surface area (Å²) in [6, 6.07) is 17.9. The van der Waals surface area contributed by atoms with Gasteiger partial charge in [-0.05, 0) is 47.8 Å². The van der Waals surface area contributed by atoms with Gasteiger partial charge in [0.25, 0.3) is 0 Å². The molecule has 7 heteroatoms. The van der Waals surface area contributed by atoms with E-state index in [0.717, 1.165) is 24.3 Å². The first-order valence-corrected chi connectivity index (χ1v) is 12.2. The van der Waals surface area contributed by atoms with E-state index >= 15 is 0 Å². The molecular weight excluding hydrogens is 529 g/mol. The van der Waals surface area contributed by atoms with Crippen molar-refractivity contribution in [2.24, 2.45) is 4.99 Å². The maximum absolute atomic E-state index is 4.45. The van der Waals surface area contributed by atoms with Crippen LogP contribution in [0.15, 0.2) is 72.2 Å². The van der Waals surface area contributed by atoms with Gasteiger partial charge >= 0.3 is 0 Å². The number of imidazole rings is 1. The topological polar surface area (TPSA) is 54.2 Å². The SMILES string of the molecule is CN=C(NCc1ccccc1-c1ccc(Cn2ccnc2)cc1)NC1CCC(SC)C1.I. The molecule has 1 aliphatic rings. The minimum Gasteiger partial charge on any atom is -0.354 e. The van der Waals surface area contributed by atoms with Gasteiger partial charge < -0.3 is 15.2 Å². The summed E-state index contributed by atoms with van der Waals surface area (Å²) in [5.74, 6) is 0.886. The number of hydrogen-bond donors (Lipinski definition) is 2. The number of halogens is 1. The van der Waals surface area contributed by atoms with E-state index in [2.05, 4.69) is 80.0 Å². The van der Waals surface area contributed by atoms with Gasteiger partial charge in [-0.25, -0.2) is 4.98 Å². The summed E-state index contributed by atoms with van der Waals surface area (Å²) in [6.45, 7) is 1.58. The highest BCUT2D eigenvalue weighted by atomic mass is 127. The number of nitrogens with one attached hydrogen (secondary N) is 2. The molecule has 32 heavy (non-hydrogen) atoms. The van der Waals surface area contributed by atoms with Crippen LogP contribution in [0.2, 0.25) is 0 Å². The van der Waals surface area contributed by atoms with E-state index in [1.807, 2.05) is 37.5 Å². The Labute approximate surface area is 212 Å². The number of nitrogens with zero attached hydrogens (tertiary/aromatic N) is 3. The lowest BCUT2D eigenvalue weighted by atomic mass is 9.98. The zero-order valence-corrected chi connectivity index (χ0v) is 21.8. The van der Waals surface area contributed by atoms with Crippen molar-refractivity contribution in [3.8, 4) is 11.1 Å². The molecule has 4 rings (SSSR count). The highest BCUT2D eigenvalue weighted by Gasteiger charge is 2.24. The Morgan fingerprint density at radius 2 is 1.97 bits per heavy atom. The van der Waals surface area contributed by atoms with Crippen LogP contribution in [0, 0.1) is 0 Å². The number of benzene rings is 2. The quantitative estimate of drug-likeness (QED) is 0.238. The number of thioether (sulfide) groups is 1. The summed E-state index contributed by atoms with van der Waals surface area (Å²) >= 11 is 1.98. The smallest absolute Gasteiger partial charge is 0.191 e. The average Bonchev–Trinajstić information content (AvgIpc) is 3.49. The molecular formula is C25H32IN5S. The second-order valence-electron chi connectivity index (χ2n) is 8.03. The van der Waals surface area contributed by atoms with E-state index in [4.69, 9.17) is 0 Å². The number of rotatable bonds is 7. The van der Waals surface area contributed by atoms with E-state index in [1.165, 1.54) is 41.5 Å². The monoisotopic (exact) mass is 561 g/mol. The van der Waals surface area contributed by atoms with Crippen molar-refractivity contribution in [1.29, 1.82) is 0 Å². The van der Waals surface area contributed by atoms with Crippen molar-refractivity contribution < 1.29 is 0 Å². The highest BCUT2D eigenvalue weighted by molar-refractivity contribution is 14.0. The lowest BCUT2D eigenvalue weighted by molar-refractivity contribution is 0.614. The van der Waals surface area contributed by atoms with Gasteiger partial charge in [0.2, 0.25) is 0 Å². The maximum Gasteiger partial charge on any atom is 0.191 e. The normalized spacial score (nSPS) is 18.2. The van der Waals surface area contributed by atoms with Crippen LogP contribution in [0.4, 0.5) is 0 Å². The average molecular weight is 562 g/mol. The Kier molecular flexibility index (Phi) is 9.47. The van der Waals surface area contributed by atoms with Gasteiger partial charge in [-0.2, -0.15) is 11.8 Å². The minimum atomic E-state index is 0. The molecule has 1 fully saturated rings. The Balaban J connectivity index is 0.00000289. The molecule has 3 aromatic rings. The van der Waals surface area contributed by atoms with E-state index in [-0.39, 0.29) is 24.0 Å². The molecule has 1 saturated carbocycles. The molecule has 170 valence electrons. The number of aromatic nitrogens is 2. The van der Waals surface area contributed by atoms with Crippen molar-refractivity contribution >= 4 is 41.7 Å². The van der Waals surface area contributed by atoms with Crippen molar-refractivity contribution in [3.05, 3.63) is 78.4 Å². The fourth-order valence-corrected chi connectivity index (χ4v) is 4.99. The molecule has 0 aliphatic heterocycles. The standard InChI is InChI=1S/C25H31N5S.HI/c1-26-25(29-22-11-12-23(15-22)31-2)28-16-21-5-3-4-6-24(21)20-9-7-19(8-10-20)17-30-14-13-27-18-30;/h3-10,13-14,18,22-23H,11-12,15-17H2,1-2H3,(H2,26,28,29);1H. The third kappa shape index (κ3) is 6.51. The number of guanidine groups is 1. The molecule has 0 radical (unpaired) electrons. The summed E-state index contributed by atoms with van der Waals surface area (Å²) in [4.78, 5) is 8.56. The van der Waals surface area contributed by atoms with Crippen molar-refractivity contribution in [1.82, 2.24) is 20.2 Å². The van der Waals surface area contributed by atoms with Gasteiger partial charge in [0.05, 0.1) is 6.33 Å². The van der Waals surface area contributed by atoms with Crippen LogP contribution < -0.4 is 10.6 Å². The summed E-state index contributed by atoms with van der Waals surface area (Å²) in [5, 5.41) is 7.90. The van der Waals surface area contributed by atoms with Crippen LogP contribution in [-0.4, -0.2) is 40.1 Å². The molecule has 2 N–H and O–H groups in total. The lowest BCUT2D eigenvalue weighted by Crippen LogP contribution is -2.42. The Bertz CT molecular complexity index is 988. The fraction of sp³-hybridized carbons (Fsp3) is 0.360. The van der Waals surface area contributed by atoms with E-state index in [9.17, 15) is 0 Å². The van der Waals surface area contributed by atoms with E-state index < -0.39 is 0 Å². The van der Waals surface area contributed by atoms with Gasteiger partial charge in [0.15, 0.2) is 5.96 Å². The molecule has 5 nitrogen and oxygen atoms in total. The van der Waals surface area contributed by atoms with Gasteiger partial charge in [-0.15, -0.1) is 24.0 Å². The molecule has 0 bridgehead atoms. The second-order valence-corrected chi connectivity index (χ2v) is 9.16. The highest BCUT2D eigenvalue weighted by Crippen LogP contribution is 2.28. The van der Waals surface area contributed by atoms with Crippen LogP contribution in [0.1, 0.15) is 30.4 Å². The Morgan fingerprint density at radius 1 is 1.16 bits per heavy atom. The maximum atomic E-state index is 4.45. The molecule has 2 unspecified atom stereocenters. The first-order valence-electron chi connectivity index (χ1n) is 10.9. The van der Waals surface area contributed by atoms with Crippen molar-refractivity contribution in [2.45, 2.75) is 43.6 Å². The summed E-state index contributed by atoms with van der Waals surface area (Å²) < 4.78 is 2.08. The Morgan fingerprint density at radius 3 is 2.66 bits per heavy atom. The molecule has 2 atom stereocenters. The van der Waals surface area contributed by atoms with Crippen LogP contribution in [-0.2, 0) is 13.1 Å². The predicted octanol–water partition coefficient (Wildman–Crippen LogP) is 5.17. The zero-order valence-electron chi connectivity index (χ0n) is 18.7. The summed E-state index contributed by atoms with van der Waals surface area (Å²) in [7, 11) is 1.85. The molecule has 1 aromatic heterocycles. The van der Waals surface area contributed by atoms with Gasteiger partial charge in [-0.3, -0.25) is 4.99 Å². The van der Waals surface area contributed by atoms with E-state index in [0.29, 0.717) is 6.04 Å². The molecule has 0 amide bonds. The molecule has 0 saturated heterocycles. The van der Waals surface area contributed by atoms with Gasteiger partial charge in [0, 0.05) is 43.8 Å².